The van der Waals surface area contributed by atoms with E-state index >= 15 is 0 Å². The Labute approximate surface area is 116 Å². The zero-order valence-electron chi connectivity index (χ0n) is 12.4. The number of nitrogens with one attached hydrogen (secondary N) is 1. The van der Waals surface area contributed by atoms with Crippen LogP contribution in [-0.2, 0) is 4.74 Å². The smallest absolute Gasteiger partial charge is 0.119 e. The second kappa shape index (κ2) is 5.93. The Morgan fingerprint density at radius 1 is 1.47 bits per heavy atom. The molecule has 1 aliphatic heterocycles. The fourth-order valence-electron chi connectivity index (χ4n) is 2.42. The summed E-state index contributed by atoms with van der Waals surface area (Å²) in [6.45, 7) is 7.06. The van der Waals surface area contributed by atoms with Crippen LogP contribution in [0.15, 0.2) is 24.3 Å². The molecule has 1 aromatic rings. The van der Waals surface area contributed by atoms with Crippen molar-refractivity contribution in [1.29, 1.82) is 0 Å². The normalized spacial score (nSPS) is 23.3. The van der Waals surface area contributed by atoms with E-state index in [9.17, 15) is 0 Å². The van der Waals surface area contributed by atoms with Gasteiger partial charge in [0.15, 0.2) is 0 Å². The van der Waals surface area contributed by atoms with Gasteiger partial charge in [-0.15, -0.1) is 0 Å². The molecule has 1 aromatic carbocycles. The number of rotatable bonds is 5. The van der Waals surface area contributed by atoms with Gasteiger partial charge in [-0.3, -0.25) is 0 Å². The highest BCUT2D eigenvalue weighted by Gasteiger charge is 2.31. The molecule has 3 nitrogen and oxygen atoms in total. The lowest BCUT2D eigenvalue weighted by molar-refractivity contribution is -0.0326. The van der Waals surface area contributed by atoms with Crippen molar-refractivity contribution < 1.29 is 9.47 Å². The lowest BCUT2D eigenvalue weighted by Crippen LogP contribution is -2.23. The Kier molecular flexibility index (Phi) is 4.48. The maximum atomic E-state index is 5.93. The summed E-state index contributed by atoms with van der Waals surface area (Å²) in [5.41, 5.74) is 1.25. The molecule has 2 rings (SSSR count). The maximum absolute atomic E-state index is 5.93. The fraction of sp³-hybridized carbons (Fsp3) is 0.625. The molecule has 0 saturated carbocycles. The van der Waals surface area contributed by atoms with Crippen molar-refractivity contribution in [2.45, 2.75) is 51.4 Å². The molecule has 0 amide bonds. The van der Waals surface area contributed by atoms with Gasteiger partial charge in [-0.1, -0.05) is 12.1 Å². The molecule has 2 atom stereocenters. The molecular weight excluding hydrogens is 238 g/mol. The van der Waals surface area contributed by atoms with Gasteiger partial charge in [-0.25, -0.2) is 0 Å². The molecular formula is C16H25NO2. The highest BCUT2D eigenvalue weighted by atomic mass is 16.6. The van der Waals surface area contributed by atoms with E-state index in [1.165, 1.54) is 5.56 Å². The molecule has 106 valence electrons. The summed E-state index contributed by atoms with van der Waals surface area (Å²) in [6.07, 6.45) is 2.41. The lowest BCUT2D eigenvalue weighted by Gasteiger charge is -2.19. The average molecular weight is 263 g/mol. The zero-order chi connectivity index (χ0) is 13.9. The zero-order valence-corrected chi connectivity index (χ0v) is 12.4. The quantitative estimate of drug-likeness (QED) is 0.884. The first-order chi connectivity index (χ1) is 9.00. The van der Waals surface area contributed by atoms with Gasteiger partial charge in [0.05, 0.1) is 11.7 Å². The Morgan fingerprint density at radius 3 is 2.89 bits per heavy atom. The number of benzene rings is 1. The van der Waals surface area contributed by atoms with Crippen molar-refractivity contribution in [3.8, 4) is 5.75 Å². The number of hydrogen-bond acceptors (Lipinski definition) is 3. The fourth-order valence-corrected chi connectivity index (χ4v) is 2.42. The molecule has 2 unspecified atom stereocenters. The van der Waals surface area contributed by atoms with E-state index in [1.54, 1.807) is 0 Å². The first-order valence-electron chi connectivity index (χ1n) is 7.08. The monoisotopic (exact) mass is 263 g/mol. The van der Waals surface area contributed by atoms with E-state index < -0.39 is 0 Å². The second-order valence-corrected chi connectivity index (χ2v) is 5.93. The summed E-state index contributed by atoms with van der Waals surface area (Å²) in [4.78, 5) is 0. The topological polar surface area (TPSA) is 30.5 Å². The van der Waals surface area contributed by atoms with Crippen molar-refractivity contribution in [2.24, 2.45) is 0 Å². The predicted molar refractivity (Wildman–Crippen MR) is 77.6 cm³/mol. The van der Waals surface area contributed by atoms with Crippen molar-refractivity contribution in [3.05, 3.63) is 29.8 Å². The van der Waals surface area contributed by atoms with Gasteiger partial charge >= 0.3 is 0 Å². The van der Waals surface area contributed by atoms with Crippen LogP contribution in [0, 0.1) is 0 Å². The van der Waals surface area contributed by atoms with Crippen LogP contribution < -0.4 is 10.1 Å². The third-order valence-corrected chi connectivity index (χ3v) is 3.78. The Hall–Kier alpha value is -1.06. The molecule has 1 N–H and O–H groups in total. The summed E-state index contributed by atoms with van der Waals surface area (Å²) < 4.78 is 11.8. The Balaban J connectivity index is 1.90. The van der Waals surface area contributed by atoms with Crippen molar-refractivity contribution in [2.75, 3.05) is 13.7 Å². The molecule has 0 bridgehead atoms. The third kappa shape index (κ3) is 3.95. The molecule has 19 heavy (non-hydrogen) atoms. The molecule has 1 fully saturated rings. The average Bonchev–Trinajstić information content (AvgIpc) is 2.75. The van der Waals surface area contributed by atoms with Gasteiger partial charge in [0.1, 0.15) is 12.4 Å². The highest BCUT2D eigenvalue weighted by molar-refractivity contribution is 5.30. The summed E-state index contributed by atoms with van der Waals surface area (Å²) in [5.74, 6) is 0.924. The van der Waals surface area contributed by atoms with Crippen LogP contribution in [0.4, 0.5) is 0 Å². The van der Waals surface area contributed by atoms with Crippen LogP contribution in [0.1, 0.15) is 45.2 Å². The van der Waals surface area contributed by atoms with Crippen molar-refractivity contribution in [3.63, 3.8) is 0 Å². The summed E-state index contributed by atoms with van der Waals surface area (Å²) in [5, 5.41) is 3.24. The van der Waals surface area contributed by atoms with Gasteiger partial charge < -0.3 is 14.8 Å². The minimum atomic E-state index is 0.0104. The van der Waals surface area contributed by atoms with Crippen molar-refractivity contribution >= 4 is 0 Å². The lowest BCUT2D eigenvalue weighted by atomic mass is 10.1. The van der Waals surface area contributed by atoms with E-state index in [2.05, 4.69) is 38.2 Å². The van der Waals surface area contributed by atoms with Crippen LogP contribution in [-0.4, -0.2) is 25.4 Å². The summed E-state index contributed by atoms with van der Waals surface area (Å²) >= 11 is 0. The van der Waals surface area contributed by atoms with Gasteiger partial charge in [0.25, 0.3) is 0 Å². The SMILES string of the molecule is CNC(C)c1cccc(OCC2CCC(C)(C)O2)c1. The molecule has 0 radical (unpaired) electrons. The van der Waals surface area contributed by atoms with Gasteiger partial charge in [-0.2, -0.15) is 0 Å². The molecule has 3 heteroatoms. The summed E-state index contributed by atoms with van der Waals surface area (Å²) in [7, 11) is 1.96. The van der Waals surface area contributed by atoms with E-state index in [1.807, 2.05) is 19.2 Å². The van der Waals surface area contributed by atoms with Crippen LogP contribution in [0.5, 0.6) is 5.75 Å². The first kappa shape index (κ1) is 14.4. The Bertz CT molecular complexity index is 417. The van der Waals surface area contributed by atoms with Crippen LogP contribution in [0.3, 0.4) is 0 Å². The molecule has 1 saturated heterocycles. The van der Waals surface area contributed by atoms with E-state index in [0.717, 1.165) is 18.6 Å². The van der Waals surface area contributed by atoms with Gasteiger partial charge in [0, 0.05) is 6.04 Å². The van der Waals surface area contributed by atoms with Crippen LogP contribution in [0.2, 0.25) is 0 Å². The molecule has 0 aliphatic carbocycles. The van der Waals surface area contributed by atoms with E-state index in [4.69, 9.17) is 9.47 Å². The second-order valence-electron chi connectivity index (χ2n) is 5.93. The molecule has 1 heterocycles. The minimum absolute atomic E-state index is 0.0104. The molecule has 0 spiro atoms. The molecule has 1 aliphatic rings. The number of hydrogen-bond donors (Lipinski definition) is 1. The van der Waals surface area contributed by atoms with E-state index in [-0.39, 0.29) is 11.7 Å². The first-order valence-corrected chi connectivity index (χ1v) is 7.08. The van der Waals surface area contributed by atoms with Crippen LogP contribution >= 0.6 is 0 Å². The number of ether oxygens (including phenoxy) is 2. The predicted octanol–water partition coefficient (Wildman–Crippen LogP) is 3.30. The van der Waals surface area contributed by atoms with Gasteiger partial charge in [-0.05, 0) is 58.4 Å². The third-order valence-electron chi connectivity index (χ3n) is 3.78. The van der Waals surface area contributed by atoms with Crippen LogP contribution in [0.25, 0.3) is 0 Å². The standard InChI is InChI=1S/C16H25NO2/c1-12(17-4)13-6-5-7-14(10-13)18-11-15-8-9-16(2,3)19-15/h5-7,10,12,15,17H,8-9,11H2,1-4H3. The summed E-state index contributed by atoms with van der Waals surface area (Å²) in [6, 6.07) is 8.60. The van der Waals surface area contributed by atoms with Gasteiger partial charge in [0.2, 0.25) is 0 Å². The Morgan fingerprint density at radius 2 is 2.26 bits per heavy atom. The maximum Gasteiger partial charge on any atom is 0.119 e. The van der Waals surface area contributed by atoms with Crippen molar-refractivity contribution in [1.82, 2.24) is 5.32 Å². The highest BCUT2D eigenvalue weighted by Crippen LogP contribution is 2.29. The molecule has 0 aromatic heterocycles. The largest absolute Gasteiger partial charge is 0.491 e. The minimum Gasteiger partial charge on any atom is -0.491 e. The van der Waals surface area contributed by atoms with E-state index in [0.29, 0.717) is 12.6 Å².